The molecule has 0 unspecified atom stereocenters. The summed E-state index contributed by atoms with van der Waals surface area (Å²) in [5, 5.41) is 2.15. The molecule has 7 nitrogen and oxygen atoms in total. The van der Waals surface area contributed by atoms with Crippen LogP contribution in [0.25, 0.3) is 0 Å². The molecular formula is C10H12N4O3S. The van der Waals surface area contributed by atoms with Gasteiger partial charge in [0.2, 0.25) is 0 Å². The highest BCUT2D eigenvalue weighted by Crippen LogP contribution is 1.93. The molecule has 0 aliphatic carbocycles. The third-order valence-electron chi connectivity index (χ3n) is 1.70. The lowest BCUT2D eigenvalue weighted by Crippen LogP contribution is -2.48. The van der Waals surface area contributed by atoms with E-state index in [9.17, 15) is 9.59 Å². The number of nitrogens with zero attached hydrogens (tertiary/aromatic N) is 1. The second kappa shape index (κ2) is 7.17. The van der Waals surface area contributed by atoms with Gasteiger partial charge in [-0.15, -0.1) is 0 Å². The Kier molecular flexibility index (Phi) is 5.52. The predicted octanol–water partition coefficient (Wildman–Crippen LogP) is 0.347. The maximum atomic E-state index is 11.5. The molecule has 1 aromatic rings. The van der Waals surface area contributed by atoms with Crippen molar-refractivity contribution in [2.45, 2.75) is 6.92 Å². The SMILES string of the molecule is CCOC(=O)NC(=S)NNC(=O)c1cccnc1. The first kappa shape index (κ1) is 13.8. The van der Waals surface area contributed by atoms with Crippen LogP contribution in [0.4, 0.5) is 4.79 Å². The number of amides is 2. The van der Waals surface area contributed by atoms with Gasteiger partial charge in [-0.05, 0) is 31.3 Å². The van der Waals surface area contributed by atoms with Crippen molar-refractivity contribution in [1.29, 1.82) is 0 Å². The predicted molar refractivity (Wildman–Crippen MR) is 67.6 cm³/mol. The van der Waals surface area contributed by atoms with E-state index in [2.05, 4.69) is 25.9 Å². The van der Waals surface area contributed by atoms with Crippen LogP contribution in [0.15, 0.2) is 24.5 Å². The molecule has 0 aliphatic rings. The van der Waals surface area contributed by atoms with Crippen molar-refractivity contribution in [3.05, 3.63) is 30.1 Å². The minimum absolute atomic E-state index is 0.0642. The van der Waals surface area contributed by atoms with E-state index in [0.717, 1.165) is 0 Å². The maximum absolute atomic E-state index is 11.5. The van der Waals surface area contributed by atoms with Crippen LogP contribution in [0, 0.1) is 0 Å². The summed E-state index contributed by atoms with van der Waals surface area (Å²) >= 11 is 4.76. The molecule has 0 fully saturated rings. The Morgan fingerprint density at radius 1 is 1.44 bits per heavy atom. The first-order chi connectivity index (χ1) is 8.63. The van der Waals surface area contributed by atoms with Gasteiger partial charge in [-0.3, -0.25) is 25.9 Å². The number of nitrogens with one attached hydrogen (secondary N) is 3. The number of carbonyl (C=O) groups excluding carboxylic acids is 2. The molecule has 0 aromatic carbocycles. The van der Waals surface area contributed by atoms with Gasteiger partial charge in [0.1, 0.15) is 0 Å². The molecule has 8 heteroatoms. The molecule has 0 bridgehead atoms. The summed E-state index contributed by atoms with van der Waals surface area (Å²) in [5.41, 5.74) is 5.03. The van der Waals surface area contributed by atoms with E-state index < -0.39 is 12.0 Å². The minimum atomic E-state index is -0.689. The van der Waals surface area contributed by atoms with Gasteiger partial charge >= 0.3 is 6.09 Å². The van der Waals surface area contributed by atoms with Crippen LogP contribution in [0.3, 0.4) is 0 Å². The van der Waals surface area contributed by atoms with Crippen molar-refractivity contribution < 1.29 is 14.3 Å². The number of thiocarbonyl (C=S) groups is 1. The van der Waals surface area contributed by atoms with Gasteiger partial charge in [-0.25, -0.2) is 4.79 Å². The van der Waals surface area contributed by atoms with Crippen molar-refractivity contribution >= 4 is 29.3 Å². The molecule has 96 valence electrons. The normalized spacial score (nSPS) is 9.17. The quantitative estimate of drug-likeness (QED) is 0.529. The van der Waals surface area contributed by atoms with Gasteiger partial charge in [-0.1, -0.05) is 0 Å². The first-order valence-electron chi connectivity index (χ1n) is 5.07. The van der Waals surface area contributed by atoms with Crippen LogP contribution in [-0.4, -0.2) is 28.7 Å². The van der Waals surface area contributed by atoms with Gasteiger partial charge in [0.15, 0.2) is 5.11 Å². The van der Waals surface area contributed by atoms with Crippen molar-refractivity contribution in [3.63, 3.8) is 0 Å². The van der Waals surface area contributed by atoms with Gasteiger partial charge in [0.25, 0.3) is 5.91 Å². The van der Waals surface area contributed by atoms with Crippen molar-refractivity contribution in [1.82, 2.24) is 21.2 Å². The van der Waals surface area contributed by atoms with Gasteiger partial charge in [0, 0.05) is 12.4 Å². The Bertz CT molecular complexity index is 438. The van der Waals surface area contributed by atoms with Crippen molar-refractivity contribution in [2.75, 3.05) is 6.61 Å². The molecular weight excluding hydrogens is 256 g/mol. The summed E-state index contributed by atoms with van der Waals surface area (Å²) in [7, 11) is 0. The summed E-state index contributed by atoms with van der Waals surface area (Å²) in [6.07, 6.45) is 2.27. The van der Waals surface area contributed by atoms with Crippen molar-refractivity contribution in [3.8, 4) is 0 Å². The minimum Gasteiger partial charge on any atom is -0.450 e. The molecule has 0 radical (unpaired) electrons. The molecule has 18 heavy (non-hydrogen) atoms. The van der Waals surface area contributed by atoms with E-state index in [0.29, 0.717) is 5.56 Å². The van der Waals surface area contributed by atoms with Crippen LogP contribution in [0.5, 0.6) is 0 Å². The summed E-state index contributed by atoms with van der Waals surface area (Å²) in [5.74, 6) is -0.420. The van der Waals surface area contributed by atoms with E-state index >= 15 is 0 Å². The Morgan fingerprint density at radius 2 is 2.22 bits per heavy atom. The Balaban J connectivity index is 2.35. The second-order valence-corrected chi connectivity index (χ2v) is 3.40. The van der Waals surface area contributed by atoms with Crippen LogP contribution in [0.2, 0.25) is 0 Å². The number of ether oxygens (including phenoxy) is 1. The first-order valence-corrected chi connectivity index (χ1v) is 5.48. The summed E-state index contributed by atoms with van der Waals surface area (Å²) in [6, 6.07) is 3.22. The summed E-state index contributed by atoms with van der Waals surface area (Å²) in [4.78, 5) is 26.3. The maximum Gasteiger partial charge on any atom is 0.413 e. The lowest BCUT2D eigenvalue weighted by Gasteiger charge is -2.10. The Labute approximate surface area is 109 Å². The monoisotopic (exact) mass is 268 g/mol. The van der Waals surface area contributed by atoms with Crippen molar-refractivity contribution in [2.24, 2.45) is 0 Å². The Morgan fingerprint density at radius 3 is 2.83 bits per heavy atom. The van der Waals surface area contributed by atoms with Gasteiger partial charge < -0.3 is 4.74 Å². The third-order valence-corrected chi connectivity index (χ3v) is 1.91. The molecule has 1 aromatic heterocycles. The number of aromatic nitrogens is 1. The summed E-state index contributed by atoms with van der Waals surface area (Å²) < 4.78 is 4.60. The number of alkyl carbamates (subject to hydrolysis) is 1. The molecule has 3 N–H and O–H groups in total. The number of hydrazine groups is 1. The van der Waals surface area contributed by atoms with Crippen LogP contribution in [0.1, 0.15) is 17.3 Å². The average molecular weight is 268 g/mol. The molecule has 0 aliphatic heterocycles. The molecule has 0 saturated carbocycles. The fraction of sp³-hybridized carbons (Fsp3) is 0.200. The molecule has 1 rings (SSSR count). The molecule has 0 spiro atoms. The number of hydrogen-bond donors (Lipinski definition) is 3. The van der Waals surface area contributed by atoms with E-state index in [4.69, 9.17) is 12.2 Å². The second-order valence-electron chi connectivity index (χ2n) is 3.00. The fourth-order valence-electron chi connectivity index (χ4n) is 0.974. The van der Waals surface area contributed by atoms with Crippen LogP contribution >= 0.6 is 12.2 Å². The number of pyridine rings is 1. The summed E-state index contributed by atoms with van der Waals surface area (Å²) in [6.45, 7) is 1.90. The average Bonchev–Trinajstić information content (AvgIpc) is 2.37. The van der Waals surface area contributed by atoms with E-state index in [1.807, 2.05) is 0 Å². The number of rotatable bonds is 2. The molecule has 1 heterocycles. The van der Waals surface area contributed by atoms with Crippen LogP contribution < -0.4 is 16.2 Å². The fourth-order valence-corrected chi connectivity index (χ4v) is 1.11. The number of hydrogen-bond acceptors (Lipinski definition) is 5. The van der Waals surface area contributed by atoms with E-state index in [1.165, 1.54) is 6.20 Å². The van der Waals surface area contributed by atoms with Gasteiger partial charge in [-0.2, -0.15) is 0 Å². The smallest absolute Gasteiger partial charge is 0.413 e. The Hall–Kier alpha value is -2.22. The van der Waals surface area contributed by atoms with E-state index in [1.54, 1.807) is 25.3 Å². The topological polar surface area (TPSA) is 92.4 Å². The zero-order valence-electron chi connectivity index (χ0n) is 9.60. The van der Waals surface area contributed by atoms with Gasteiger partial charge in [0.05, 0.1) is 12.2 Å². The highest BCUT2D eigenvalue weighted by Gasteiger charge is 2.07. The van der Waals surface area contributed by atoms with E-state index in [-0.39, 0.29) is 11.7 Å². The number of carbonyl (C=O) groups is 2. The molecule has 2 amide bonds. The standard InChI is InChI=1S/C10H12N4O3S/c1-2-17-10(16)12-9(18)14-13-8(15)7-4-3-5-11-6-7/h3-6H,2H2,1H3,(H,13,15)(H2,12,14,16,18). The molecule has 0 saturated heterocycles. The molecule has 0 atom stereocenters. The lowest BCUT2D eigenvalue weighted by atomic mass is 10.3. The lowest BCUT2D eigenvalue weighted by molar-refractivity contribution is 0.0942. The zero-order valence-corrected chi connectivity index (χ0v) is 10.4. The highest BCUT2D eigenvalue weighted by molar-refractivity contribution is 7.80. The zero-order chi connectivity index (χ0) is 13.4. The van der Waals surface area contributed by atoms with Crippen LogP contribution in [-0.2, 0) is 4.74 Å². The third kappa shape index (κ3) is 4.74. The highest BCUT2D eigenvalue weighted by atomic mass is 32.1. The largest absolute Gasteiger partial charge is 0.450 e.